The molecular weight excluding hydrogens is 456 g/mol. The number of nitrogens with zero attached hydrogens (tertiary/aromatic N) is 2. The number of fused-ring (bicyclic) bond motifs is 1. The zero-order valence-electron chi connectivity index (χ0n) is 20.5. The first-order valence-electron chi connectivity index (χ1n) is 11.3. The molecule has 0 bridgehead atoms. The second-order valence-electron chi connectivity index (χ2n) is 8.91. The van der Waals surface area contributed by atoms with Crippen LogP contribution in [0.25, 0.3) is 10.8 Å². The summed E-state index contributed by atoms with van der Waals surface area (Å²) in [5.41, 5.74) is 1.20. The fourth-order valence-corrected chi connectivity index (χ4v) is 3.56. The van der Waals surface area contributed by atoms with Crippen LogP contribution in [0.2, 0.25) is 0 Å². The Bertz CT molecular complexity index is 1450. The van der Waals surface area contributed by atoms with Gasteiger partial charge in [-0.05, 0) is 51.1 Å². The number of aromatic nitrogens is 1. The Kier molecular flexibility index (Phi) is 6.93. The van der Waals surface area contributed by atoms with Gasteiger partial charge in [-0.2, -0.15) is 5.26 Å². The molecule has 0 unspecified atom stereocenters. The third-order valence-corrected chi connectivity index (χ3v) is 5.07. The monoisotopic (exact) mass is 482 g/mol. The van der Waals surface area contributed by atoms with Gasteiger partial charge in [0.05, 0.1) is 18.4 Å². The number of rotatable bonds is 6. The zero-order valence-corrected chi connectivity index (χ0v) is 20.5. The minimum absolute atomic E-state index is 0.449. The number of benzene rings is 3. The molecule has 0 saturated carbocycles. The highest BCUT2D eigenvalue weighted by atomic mass is 16.6. The van der Waals surface area contributed by atoms with Gasteiger partial charge in [0.15, 0.2) is 0 Å². The largest absolute Gasteiger partial charge is 0.495 e. The molecule has 1 amide bonds. The second-order valence-corrected chi connectivity index (χ2v) is 8.91. The van der Waals surface area contributed by atoms with Crippen molar-refractivity contribution in [1.82, 2.24) is 4.98 Å². The lowest BCUT2D eigenvalue weighted by molar-refractivity contribution is 0.0636. The van der Waals surface area contributed by atoms with Gasteiger partial charge in [0, 0.05) is 34.8 Å². The van der Waals surface area contributed by atoms with Crippen molar-refractivity contribution in [3.63, 3.8) is 0 Å². The van der Waals surface area contributed by atoms with E-state index in [-0.39, 0.29) is 0 Å². The molecular formula is C28H26N4O4. The van der Waals surface area contributed by atoms with Crippen LogP contribution >= 0.6 is 0 Å². The predicted molar refractivity (Wildman–Crippen MR) is 139 cm³/mol. The van der Waals surface area contributed by atoms with Crippen molar-refractivity contribution in [1.29, 1.82) is 5.26 Å². The number of nitrogens with one attached hydrogen (secondary N) is 2. The maximum Gasteiger partial charge on any atom is 0.412 e. The lowest BCUT2D eigenvalue weighted by Crippen LogP contribution is -2.27. The van der Waals surface area contributed by atoms with Gasteiger partial charge in [-0.25, -0.2) is 9.78 Å². The highest BCUT2D eigenvalue weighted by Gasteiger charge is 2.17. The van der Waals surface area contributed by atoms with Gasteiger partial charge in [-0.15, -0.1) is 0 Å². The normalized spacial score (nSPS) is 10.9. The fourth-order valence-electron chi connectivity index (χ4n) is 3.56. The Hall–Kier alpha value is -4.77. The molecule has 8 heteroatoms. The molecule has 0 aliphatic heterocycles. The lowest BCUT2D eigenvalue weighted by Gasteiger charge is -2.20. The number of anilines is 3. The second kappa shape index (κ2) is 10.2. The van der Waals surface area contributed by atoms with Crippen LogP contribution in [0.4, 0.5) is 22.0 Å². The van der Waals surface area contributed by atoms with E-state index in [4.69, 9.17) is 14.2 Å². The molecule has 2 N–H and O–H groups in total. The van der Waals surface area contributed by atoms with Gasteiger partial charge in [0.1, 0.15) is 34.7 Å². The molecule has 0 aliphatic rings. The number of methoxy groups -OCH3 is 1. The molecule has 8 nitrogen and oxygen atoms in total. The topological polar surface area (TPSA) is 106 Å². The van der Waals surface area contributed by atoms with Crippen LogP contribution in [0.1, 0.15) is 26.3 Å². The summed E-state index contributed by atoms with van der Waals surface area (Å²) >= 11 is 0. The van der Waals surface area contributed by atoms with Crippen LogP contribution in [0.3, 0.4) is 0 Å². The Morgan fingerprint density at radius 1 is 0.972 bits per heavy atom. The first kappa shape index (κ1) is 24.4. The van der Waals surface area contributed by atoms with E-state index in [0.717, 1.165) is 16.5 Å². The number of carbonyl (C=O) groups is 1. The minimum atomic E-state index is -0.598. The van der Waals surface area contributed by atoms with Crippen molar-refractivity contribution in [2.45, 2.75) is 26.4 Å². The van der Waals surface area contributed by atoms with Gasteiger partial charge < -0.3 is 19.5 Å². The Labute approximate surface area is 209 Å². The van der Waals surface area contributed by atoms with Crippen molar-refractivity contribution in [2.24, 2.45) is 0 Å². The van der Waals surface area contributed by atoms with Crippen molar-refractivity contribution in [3.05, 3.63) is 78.5 Å². The van der Waals surface area contributed by atoms with Gasteiger partial charge in [-0.3, -0.25) is 5.32 Å². The highest BCUT2D eigenvalue weighted by Crippen LogP contribution is 2.35. The molecule has 36 heavy (non-hydrogen) atoms. The summed E-state index contributed by atoms with van der Waals surface area (Å²) in [5.74, 6) is 2.23. The summed E-state index contributed by atoms with van der Waals surface area (Å²) in [6.07, 6.45) is 1.12. The van der Waals surface area contributed by atoms with Gasteiger partial charge in [-0.1, -0.05) is 24.3 Å². The summed E-state index contributed by atoms with van der Waals surface area (Å²) in [6.45, 7) is 5.45. The number of hydrogen-bond donors (Lipinski definition) is 2. The number of amides is 1. The highest BCUT2D eigenvalue weighted by molar-refractivity contribution is 6.02. The average Bonchev–Trinajstić information content (AvgIpc) is 2.84. The van der Waals surface area contributed by atoms with Gasteiger partial charge in [0.25, 0.3) is 0 Å². The summed E-state index contributed by atoms with van der Waals surface area (Å²) in [7, 11) is 1.52. The minimum Gasteiger partial charge on any atom is -0.495 e. The standard InChI is InChI=1S/C28H26N4O4/c1-28(2,3)36-27(33)32-23-11-12-24(22-8-6-5-7-21(22)23)35-20-13-14-30-26(16-20)31-19-10-9-18(17-29)25(15-19)34-4/h5-16H,1-4H3,(H,30,31)(H,32,33). The van der Waals surface area contributed by atoms with Crippen LogP contribution in [-0.4, -0.2) is 23.8 Å². The maximum atomic E-state index is 12.3. The van der Waals surface area contributed by atoms with Crippen molar-refractivity contribution in [2.75, 3.05) is 17.7 Å². The van der Waals surface area contributed by atoms with E-state index in [2.05, 4.69) is 21.7 Å². The first-order chi connectivity index (χ1) is 17.3. The van der Waals surface area contributed by atoms with Crippen LogP contribution < -0.4 is 20.1 Å². The molecule has 0 saturated heterocycles. The van der Waals surface area contributed by atoms with Crippen LogP contribution in [0.5, 0.6) is 17.2 Å². The molecule has 0 spiro atoms. The van der Waals surface area contributed by atoms with Crippen LogP contribution in [-0.2, 0) is 4.74 Å². The predicted octanol–water partition coefficient (Wildman–Crippen LogP) is 7.00. The van der Waals surface area contributed by atoms with Crippen LogP contribution in [0.15, 0.2) is 72.9 Å². The number of carbonyl (C=O) groups excluding carboxylic acids is 1. The molecule has 1 heterocycles. The Morgan fingerprint density at radius 2 is 1.75 bits per heavy atom. The third-order valence-electron chi connectivity index (χ3n) is 5.07. The van der Waals surface area contributed by atoms with E-state index in [1.807, 2.05) is 45.0 Å². The Morgan fingerprint density at radius 3 is 2.47 bits per heavy atom. The SMILES string of the molecule is COc1cc(Nc2cc(Oc3ccc(NC(=O)OC(C)(C)C)c4ccccc34)ccn2)ccc1C#N. The van der Waals surface area contributed by atoms with E-state index in [0.29, 0.717) is 34.3 Å². The summed E-state index contributed by atoms with van der Waals surface area (Å²) < 4.78 is 16.9. The molecule has 0 aliphatic carbocycles. The molecule has 0 radical (unpaired) electrons. The van der Waals surface area contributed by atoms with E-state index in [1.165, 1.54) is 7.11 Å². The smallest absolute Gasteiger partial charge is 0.412 e. The first-order valence-corrected chi connectivity index (χ1v) is 11.3. The third kappa shape index (κ3) is 5.83. The quantitative estimate of drug-likeness (QED) is 0.305. The maximum absolute atomic E-state index is 12.3. The van der Waals surface area contributed by atoms with Gasteiger partial charge >= 0.3 is 6.09 Å². The average molecular weight is 483 g/mol. The summed E-state index contributed by atoms with van der Waals surface area (Å²) in [6, 6.07) is 22.0. The van der Waals surface area contributed by atoms with E-state index in [1.54, 1.807) is 48.7 Å². The Balaban J connectivity index is 1.57. The van der Waals surface area contributed by atoms with Crippen molar-refractivity contribution in [3.8, 4) is 23.3 Å². The summed E-state index contributed by atoms with van der Waals surface area (Å²) in [5, 5.41) is 16.8. The molecule has 3 aromatic carbocycles. The number of ether oxygens (including phenoxy) is 3. The summed E-state index contributed by atoms with van der Waals surface area (Å²) in [4.78, 5) is 16.7. The van der Waals surface area contributed by atoms with E-state index in [9.17, 15) is 10.1 Å². The van der Waals surface area contributed by atoms with Gasteiger partial charge in [0.2, 0.25) is 0 Å². The molecule has 0 fully saturated rings. The number of pyridine rings is 1. The van der Waals surface area contributed by atoms with E-state index < -0.39 is 11.7 Å². The van der Waals surface area contributed by atoms with Crippen molar-refractivity contribution < 1.29 is 19.0 Å². The molecule has 1 aromatic heterocycles. The number of hydrogen-bond acceptors (Lipinski definition) is 7. The number of nitriles is 1. The van der Waals surface area contributed by atoms with Crippen molar-refractivity contribution >= 4 is 34.1 Å². The van der Waals surface area contributed by atoms with E-state index >= 15 is 0 Å². The molecule has 4 aromatic rings. The molecule has 182 valence electrons. The zero-order chi connectivity index (χ0) is 25.7. The fraction of sp³-hybridized carbons (Fsp3) is 0.179. The molecule has 0 atom stereocenters. The molecule has 4 rings (SSSR count). The van der Waals surface area contributed by atoms with Crippen LogP contribution in [0, 0.1) is 11.3 Å². The lowest BCUT2D eigenvalue weighted by atomic mass is 10.1.